The van der Waals surface area contributed by atoms with E-state index in [2.05, 4.69) is 181 Å². The molecular weight excluding hydrogens is 625 g/mol. The molecule has 3 heteroatoms. The monoisotopic (exact) mass is 654 g/mol. The third-order valence-electron chi connectivity index (χ3n) is 9.89. The number of nitrogens with zero attached hydrogens (tertiary/aromatic N) is 2. The standard InChI is InChI=1S/C47H30N2S/c1-2-8-31(9-3-1)32-14-20-37(21-15-32)49(39-24-27-41-35(28-39)19-26-42-40-11-5-4-10-34(40)18-25-43(41)42)38-22-16-33(17-23-38)36-29-46-47(48-30-36)44-12-6-7-13-45(44)50-46/h1-30H. The molecule has 0 fully saturated rings. The van der Waals surface area contributed by atoms with Gasteiger partial charge in [0.2, 0.25) is 0 Å². The van der Waals surface area contributed by atoms with Gasteiger partial charge in [0.05, 0.1) is 10.2 Å². The van der Waals surface area contributed by atoms with Gasteiger partial charge in [0.15, 0.2) is 0 Å². The number of rotatable bonds is 5. The zero-order valence-corrected chi connectivity index (χ0v) is 27.9. The molecule has 2 aromatic heterocycles. The first-order valence-corrected chi connectivity index (χ1v) is 17.8. The second-order valence-corrected chi connectivity index (χ2v) is 13.9. The van der Waals surface area contributed by atoms with Crippen LogP contribution >= 0.6 is 11.3 Å². The van der Waals surface area contributed by atoms with Crippen molar-refractivity contribution in [2.75, 3.05) is 4.90 Å². The fourth-order valence-electron chi connectivity index (χ4n) is 7.39. The molecule has 0 radical (unpaired) electrons. The molecule has 0 spiro atoms. The van der Waals surface area contributed by atoms with Gasteiger partial charge in [0.25, 0.3) is 0 Å². The minimum atomic E-state index is 1.08. The summed E-state index contributed by atoms with van der Waals surface area (Å²) in [5, 5.41) is 8.82. The van der Waals surface area contributed by atoms with Crippen LogP contribution in [0.1, 0.15) is 0 Å². The van der Waals surface area contributed by atoms with Gasteiger partial charge in [-0.1, -0.05) is 127 Å². The summed E-state index contributed by atoms with van der Waals surface area (Å²) >= 11 is 1.80. The smallest absolute Gasteiger partial charge is 0.0888 e. The molecule has 2 nitrogen and oxygen atoms in total. The van der Waals surface area contributed by atoms with Crippen molar-refractivity contribution in [1.29, 1.82) is 0 Å². The maximum atomic E-state index is 4.90. The zero-order chi connectivity index (χ0) is 33.0. The van der Waals surface area contributed by atoms with E-state index in [0.717, 1.165) is 33.7 Å². The molecule has 0 bridgehead atoms. The van der Waals surface area contributed by atoms with Crippen molar-refractivity contribution in [2.45, 2.75) is 0 Å². The highest BCUT2D eigenvalue weighted by atomic mass is 32.1. The van der Waals surface area contributed by atoms with Crippen LogP contribution in [0.5, 0.6) is 0 Å². The van der Waals surface area contributed by atoms with Crippen molar-refractivity contribution in [2.24, 2.45) is 0 Å². The van der Waals surface area contributed by atoms with Crippen LogP contribution in [0, 0.1) is 0 Å². The lowest BCUT2D eigenvalue weighted by Gasteiger charge is -2.26. The Bertz CT molecular complexity index is 2850. The van der Waals surface area contributed by atoms with Gasteiger partial charge in [-0.05, 0) is 97.5 Å². The van der Waals surface area contributed by atoms with Gasteiger partial charge >= 0.3 is 0 Å². The number of aromatic nitrogens is 1. The number of hydrogen-bond donors (Lipinski definition) is 0. The van der Waals surface area contributed by atoms with E-state index in [1.54, 1.807) is 11.3 Å². The summed E-state index contributed by atoms with van der Waals surface area (Å²) in [6, 6.07) is 63.7. The van der Waals surface area contributed by atoms with Crippen molar-refractivity contribution >= 4 is 81.0 Å². The van der Waals surface area contributed by atoms with Crippen LogP contribution in [0.15, 0.2) is 182 Å². The molecule has 50 heavy (non-hydrogen) atoms. The van der Waals surface area contributed by atoms with Crippen molar-refractivity contribution in [3.05, 3.63) is 182 Å². The summed E-state index contributed by atoms with van der Waals surface area (Å²) in [5.41, 5.74) is 9.09. The van der Waals surface area contributed by atoms with Crippen LogP contribution in [0.3, 0.4) is 0 Å². The van der Waals surface area contributed by atoms with E-state index in [9.17, 15) is 0 Å². The van der Waals surface area contributed by atoms with E-state index in [1.165, 1.54) is 58.2 Å². The van der Waals surface area contributed by atoms with E-state index in [0.29, 0.717) is 0 Å². The maximum Gasteiger partial charge on any atom is 0.0888 e. The molecule has 10 aromatic rings. The highest BCUT2D eigenvalue weighted by Crippen LogP contribution is 2.40. The predicted octanol–water partition coefficient (Wildman–Crippen LogP) is 13.7. The minimum Gasteiger partial charge on any atom is -0.310 e. The largest absolute Gasteiger partial charge is 0.310 e. The molecule has 0 saturated carbocycles. The summed E-state index contributed by atoms with van der Waals surface area (Å²) in [6.07, 6.45) is 2.01. The quantitative estimate of drug-likeness (QED) is 0.172. The van der Waals surface area contributed by atoms with Crippen molar-refractivity contribution < 1.29 is 0 Å². The Morgan fingerprint density at radius 3 is 1.68 bits per heavy atom. The summed E-state index contributed by atoms with van der Waals surface area (Å²) in [5.74, 6) is 0. The third-order valence-corrected chi connectivity index (χ3v) is 11.0. The number of thiophene rings is 1. The van der Waals surface area contributed by atoms with Gasteiger partial charge in [0.1, 0.15) is 0 Å². The fourth-order valence-corrected chi connectivity index (χ4v) is 8.49. The van der Waals surface area contributed by atoms with Gasteiger partial charge in [-0.3, -0.25) is 4.98 Å². The Labute approximate surface area is 294 Å². The van der Waals surface area contributed by atoms with Crippen molar-refractivity contribution in [3.63, 3.8) is 0 Å². The summed E-state index contributed by atoms with van der Waals surface area (Å²) < 4.78 is 2.48. The number of anilines is 3. The molecule has 10 rings (SSSR count). The summed E-state index contributed by atoms with van der Waals surface area (Å²) in [6.45, 7) is 0. The van der Waals surface area contributed by atoms with Gasteiger partial charge in [0, 0.05) is 38.9 Å². The summed E-state index contributed by atoms with van der Waals surface area (Å²) in [7, 11) is 0. The Morgan fingerprint density at radius 1 is 0.360 bits per heavy atom. The molecule has 0 atom stereocenters. The fraction of sp³-hybridized carbons (Fsp3) is 0. The van der Waals surface area contributed by atoms with Gasteiger partial charge in [-0.15, -0.1) is 11.3 Å². The lowest BCUT2D eigenvalue weighted by molar-refractivity contribution is 1.29. The zero-order valence-electron chi connectivity index (χ0n) is 27.1. The van der Waals surface area contributed by atoms with E-state index in [1.807, 2.05) is 6.20 Å². The Kier molecular flexibility index (Phi) is 6.71. The van der Waals surface area contributed by atoms with Crippen molar-refractivity contribution in [3.8, 4) is 22.3 Å². The Morgan fingerprint density at radius 2 is 0.920 bits per heavy atom. The highest BCUT2D eigenvalue weighted by molar-refractivity contribution is 7.25. The normalized spacial score (nSPS) is 11.6. The minimum absolute atomic E-state index is 1.08. The molecule has 0 aliphatic carbocycles. The molecule has 2 heterocycles. The molecule has 0 N–H and O–H groups in total. The van der Waals surface area contributed by atoms with E-state index >= 15 is 0 Å². The average molecular weight is 655 g/mol. The molecule has 8 aromatic carbocycles. The van der Waals surface area contributed by atoms with Crippen LogP contribution < -0.4 is 4.90 Å². The number of hydrogen-bond acceptors (Lipinski definition) is 3. The second kappa shape index (κ2) is 11.7. The van der Waals surface area contributed by atoms with Gasteiger partial charge < -0.3 is 4.90 Å². The van der Waals surface area contributed by atoms with Crippen LogP contribution in [-0.2, 0) is 0 Å². The first-order valence-electron chi connectivity index (χ1n) is 16.9. The Hall–Kier alpha value is -6.29. The Balaban J connectivity index is 1.07. The van der Waals surface area contributed by atoms with E-state index < -0.39 is 0 Å². The lowest BCUT2D eigenvalue weighted by Crippen LogP contribution is -2.09. The molecular formula is C47H30N2S. The molecule has 0 aliphatic heterocycles. The van der Waals surface area contributed by atoms with Gasteiger partial charge in [-0.2, -0.15) is 0 Å². The molecule has 0 amide bonds. The van der Waals surface area contributed by atoms with Crippen LogP contribution in [0.25, 0.3) is 74.9 Å². The molecule has 0 saturated heterocycles. The van der Waals surface area contributed by atoms with Gasteiger partial charge in [-0.25, -0.2) is 0 Å². The van der Waals surface area contributed by atoms with Crippen molar-refractivity contribution in [1.82, 2.24) is 4.98 Å². The predicted molar refractivity (Wildman–Crippen MR) is 215 cm³/mol. The lowest BCUT2D eigenvalue weighted by atomic mass is 9.96. The van der Waals surface area contributed by atoms with Crippen LogP contribution in [0.2, 0.25) is 0 Å². The third kappa shape index (κ3) is 4.82. The van der Waals surface area contributed by atoms with E-state index in [4.69, 9.17) is 4.98 Å². The second-order valence-electron chi connectivity index (χ2n) is 12.8. The molecule has 0 aliphatic rings. The number of benzene rings is 8. The first-order chi connectivity index (χ1) is 24.8. The summed E-state index contributed by atoms with van der Waals surface area (Å²) in [4.78, 5) is 7.26. The topological polar surface area (TPSA) is 16.1 Å². The van der Waals surface area contributed by atoms with Crippen LogP contribution in [0.4, 0.5) is 17.1 Å². The SMILES string of the molecule is c1ccc(-c2ccc(N(c3ccc(-c4cnc5c(c4)sc4ccccc45)cc3)c3ccc4c(ccc5c6ccccc6ccc45)c3)cc2)cc1. The first kappa shape index (κ1) is 28.7. The highest BCUT2D eigenvalue weighted by Gasteiger charge is 2.16. The molecule has 0 unspecified atom stereocenters. The van der Waals surface area contributed by atoms with E-state index in [-0.39, 0.29) is 0 Å². The van der Waals surface area contributed by atoms with Crippen LogP contribution in [-0.4, -0.2) is 4.98 Å². The average Bonchev–Trinajstić information content (AvgIpc) is 3.56. The number of fused-ring (bicyclic) bond motifs is 8. The maximum absolute atomic E-state index is 4.90. The number of pyridine rings is 1. The molecule has 234 valence electrons.